The molecule has 0 aromatic heterocycles. The summed E-state index contributed by atoms with van der Waals surface area (Å²) in [5.41, 5.74) is 1.18. The van der Waals surface area contributed by atoms with Crippen LogP contribution in [0.15, 0.2) is 18.2 Å². The average molecular weight is 226 g/mol. The zero-order valence-electron chi connectivity index (χ0n) is 8.06. The van der Waals surface area contributed by atoms with Crippen molar-refractivity contribution in [3.63, 3.8) is 0 Å². The average Bonchev–Trinajstić information content (AvgIpc) is 2.20. The summed E-state index contributed by atoms with van der Waals surface area (Å²) < 4.78 is 0. The first-order valence-corrected chi connectivity index (χ1v) is 4.83. The van der Waals surface area contributed by atoms with Crippen molar-refractivity contribution in [1.82, 2.24) is 0 Å². The number of rotatable bonds is 3. The van der Waals surface area contributed by atoms with Crippen molar-refractivity contribution in [2.45, 2.75) is 6.92 Å². The molecule has 5 nitrogen and oxygen atoms in total. The number of aryl methyl sites for hydroxylation is 1. The predicted molar refractivity (Wildman–Crippen MR) is 60.3 cm³/mol. The number of hydrogen-bond acceptors (Lipinski definition) is 4. The number of carbonyl (C=O) groups excluding carboxylic acids is 1. The van der Waals surface area contributed by atoms with Crippen molar-refractivity contribution in [3.8, 4) is 0 Å². The van der Waals surface area contributed by atoms with Crippen molar-refractivity contribution in [1.29, 1.82) is 0 Å². The largest absolute Gasteiger partial charge is 0.325 e. The maximum absolute atomic E-state index is 11.1. The number of amides is 1. The molecule has 0 unspecified atom stereocenters. The minimum Gasteiger partial charge on any atom is -0.325 e. The summed E-state index contributed by atoms with van der Waals surface area (Å²) in [6, 6.07) is 4.31. The first-order chi connectivity index (χ1) is 7.04. The van der Waals surface area contributed by atoms with Crippen LogP contribution in [-0.4, -0.2) is 16.6 Å². The molecule has 0 bridgehead atoms. The Kier molecular flexibility index (Phi) is 3.68. The number of nitrogens with zero attached hydrogens (tertiary/aromatic N) is 1. The van der Waals surface area contributed by atoms with Gasteiger partial charge in [0.15, 0.2) is 0 Å². The van der Waals surface area contributed by atoms with Gasteiger partial charge in [0.25, 0.3) is 5.69 Å². The van der Waals surface area contributed by atoms with E-state index in [4.69, 9.17) is 0 Å². The molecule has 1 aromatic rings. The molecule has 0 aliphatic heterocycles. The van der Waals surface area contributed by atoms with Crippen LogP contribution in [0.1, 0.15) is 5.56 Å². The Morgan fingerprint density at radius 2 is 2.27 bits per heavy atom. The Labute approximate surface area is 92.0 Å². The van der Waals surface area contributed by atoms with Gasteiger partial charge in [-0.15, -0.1) is 0 Å². The van der Waals surface area contributed by atoms with Gasteiger partial charge in [0, 0.05) is 12.1 Å². The van der Waals surface area contributed by atoms with E-state index in [9.17, 15) is 14.9 Å². The first-order valence-electron chi connectivity index (χ1n) is 4.20. The zero-order chi connectivity index (χ0) is 11.4. The fourth-order valence-corrected chi connectivity index (χ4v) is 1.13. The van der Waals surface area contributed by atoms with Crippen LogP contribution in [0.25, 0.3) is 0 Å². The van der Waals surface area contributed by atoms with Crippen LogP contribution < -0.4 is 5.32 Å². The summed E-state index contributed by atoms with van der Waals surface area (Å²) in [5.74, 6) is -0.246. The second-order valence-electron chi connectivity index (χ2n) is 2.96. The Morgan fingerprint density at radius 3 is 2.80 bits per heavy atom. The van der Waals surface area contributed by atoms with Gasteiger partial charge in [0.05, 0.1) is 16.4 Å². The quantitative estimate of drug-likeness (QED) is 0.468. The zero-order valence-corrected chi connectivity index (χ0v) is 8.95. The molecule has 0 heterocycles. The number of nitro groups is 1. The van der Waals surface area contributed by atoms with Crippen molar-refractivity contribution in [2.75, 3.05) is 11.1 Å². The van der Waals surface area contributed by atoms with E-state index in [0.717, 1.165) is 5.56 Å². The monoisotopic (exact) mass is 226 g/mol. The Morgan fingerprint density at radius 1 is 1.60 bits per heavy atom. The van der Waals surface area contributed by atoms with E-state index in [-0.39, 0.29) is 17.3 Å². The maximum atomic E-state index is 11.1. The van der Waals surface area contributed by atoms with Gasteiger partial charge < -0.3 is 5.32 Å². The van der Waals surface area contributed by atoms with Gasteiger partial charge in [-0.3, -0.25) is 14.9 Å². The number of nitrogens with one attached hydrogen (secondary N) is 1. The molecule has 6 heteroatoms. The fourth-order valence-electron chi connectivity index (χ4n) is 1.05. The molecule has 1 rings (SSSR count). The number of thiol groups is 1. The van der Waals surface area contributed by atoms with Crippen LogP contribution in [0, 0.1) is 17.0 Å². The molecule has 15 heavy (non-hydrogen) atoms. The molecule has 0 saturated heterocycles. The summed E-state index contributed by atoms with van der Waals surface area (Å²) in [6.45, 7) is 1.76. The Balaban J connectivity index is 3.00. The molecule has 0 fully saturated rings. The van der Waals surface area contributed by atoms with Crippen LogP contribution in [0.4, 0.5) is 11.4 Å². The molecule has 0 saturated carbocycles. The van der Waals surface area contributed by atoms with Crippen LogP contribution in [0.5, 0.6) is 0 Å². The summed E-state index contributed by atoms with van der Waals surface area (Å²) in [7, 11) is 0. The van der Waals surface area contributed by atoms with Crippen molar-refractivity contribution >= 4 is 29.9 Å². The highest BCUT2D eigenvalue weighted by molar-refractivity contribution is 7.81. The van der Waals surface area contributed by atoms with E-state index < -0.39 is 4.92 Å². The molecule has 80 valence electrons. The molecule has 1 aromatic carbocycles. The van der Waals surface area contributed by atoms with Crippen molar-refractivity contribution in [2.24, 2.45) is 0 Å². The SMILES string of the molecule is Cc1ccc([N+](=O)[O-])cc1NC(=O)CS. The van der Waals surface area contributed by atoms with E-state index in [2.05, 4.69) is 17.9 Å². The number of nitro benzene ring substituents is 1. The molecule has 1 N–H and O–H groups in total. The van der Waals surface area contributed by atoms with Crippen molar-refractivity contribution in [3.05, 3.63) is 33.9 Å². The summed E-state index contributed by atoms with van der Waals surface area (Å²) in [4.78, 5) is 21.1. The third-order valence-electron chi connectivity index (χ3n) is 1.85. The lowest BCUT2D eigenvalue weighted by Crippen LogP contribution is -2.13. The first kappa shape index (κ1) is 11.5. The molecule has 1 amide bonds. The van der Waals surface area contributed by atoms with E-state index in [1.54, 1.807) is 13.0 Å². The lowest BCUT2D eigenvalue weighted by molar-refractivity contribution is -0.384. The standard InChI is InChI=1S/C9H10N2O3S/c1-6-2-3-7(11(13)14)4-8(6)10-9(12)5-15/h2-4,15H,5H2,1H3,(H,10,12). The molecule has 0 aliphatic carbocycles. The van der Waals surface area contributed by atoms with Gasteiger partial charge in [-0.1, -0.05) is 6.07 Å². The second-order valence-corrected chi connectivity index (χ2v) is 3.28. The highest BCUT2D eigenvalue weighted by Crippen LogP contribution is 2.21. The highest BCUT2D eigenvalue weighted by atomic mass is 32.1. The molecule has 0 aliphatic rings. The summed E-state index contributed by atoms with van der Waals surface area (Å²) in [5, 5.41) is 13.0. The maximum Gasteiger partial charge on any atom is 0.271 e. The minimum absolute atomic E-state index is 0.0438. The van der Waals surface area contributed by atoms with Crippen molar-refractivity contribution < 1.29 is 9.72 Å². The number of carbonyl (C=O) groups is 1. The Bertz CT molecular complexity index is 406. The van der Waals surface area contributed by atoms with E-state index in [1.165, 1.54) is 12.1 Å². The van der Waals surface area contributed by atoms with E-state index >= 15 is 0 Å². The van der Waals surface area contributed by atoms with Gasteiger partial charge in [-0.05, 0) is 12.5 Å². The van der Waals surface area contributed by atoms with Gasteiger partial charge in [0.1, 0.15) is 0 Å². The van der Waals surface area contributed by atoms with E-state index in [1.807, 2.05) is 0 Å². The van der Waals surface area contributed by atoms with Crippen LogP contribution >= 0.6 is 12.6 Å². The fraction of sp³-hybridized carbons (Fsp3) is 0.222. The third-order valence-corrected chi connectivity index (χ3v) is 2.14. The van der Waals surface area contributed by atoms with Gasteiger partial charge in [0.2, 0.25) is 5.91 Å². The molecular weight excluding hydrogens is 216 g/mol. The smallest absolute Gasteiger partial charge is 0.271 e. The number of benzene rings is 1. The lowest BCUT2D eigenvalue weighted by Gasteiger charge is -2.06. The number of anilines is 1. The van der Waals surface area contributed by atoms with Crippen LogP contribution in [0.2, 0.25) is 0 Å². The van der Waals surface area contributed by atoms with Gasteiger partial charge >= 0.3 is 0 Å². The van der Waals surface area contributed by atoms with Crippen LogP contribution in [-0.2, 0) is 4.79 Å². The number of non-ortho nitro benzene ring substituents is 1. The predicted octanol–water partition coefficient (Wildman–Crippen LogP) is 1.77. The molecule has 0 spiro atoms. The molecular formula is C9H10N2O3S. The third kappa shape index (κ3) is 2.95. The van der Waals surface area contributed by atoms with Gasteiger partial charge in [-0.25, -0.2) is 0 Å². The summed E-state index contributed by atoms with van der Waals surface area (Å²) in [6.07, 6.45) is 0. The highest BCUT2D eigenvalue weighted by Gasteiger charge is 2.09. The summed E-state index contributed by atoms with van der Waals surface area (Å²) >= 11 is 3.80. The number of hydrogen-bond donors (Lipinski definition) is 2. The normalized spacial score (nSPS) is 9.73. The van der Waals surface area contributed by atoms with Crippen LogP contribution in [0.3, 0.4) is 0 Å². The minimum atomic E-state index is -0.504. The second kappa shape index (κ2) is 4.79. The molecule has 0 radical (unpaired) electrons. The Hall–Kier alpha value is -1.56. The van der Waals surface area contributed by atoms with E-state index in [0.29, 0.717) is 5.69 Å². The molecule has 0 atom stereocenters. The van der Waals surface area contributed by atoms with Gasteiger partial charge in [-0.2, -0.15) is 12.6 Å². The lowest BCUT2D eigenvalue weighted by atomic mass is 10.2. The topological polar surface area (TPSA) is 72.2 Å².